The molecule has 5 aliphatic rings. The third-order valence-corrected chi connectivity index (χ3v) is 7.25. The van der Waals surface area contributed by atoms with Crippen molar-refractivity contribution in [1.82, 2.24) is 5.43 Å². The lowest BCUT2D eigenvalue weighted by Crippen LogP contribution is -2.60. The molecule has 21 heavy (non-hydrogen) atoms. The Morgan fingerprint density at radius 2 is 1.81 bits per heavy atom. The van der Waals surface area contributed by atoms with Gasteiger partial charge in [0.15, 0.2) is 0 Å². The van der Waals surface area contributed by atoms with Gasteiger partial charge in [-0.3, -0.25) is 11.3 Å². The first kappa shape index (κ1) is 14.5. The van der Waals surface area contributed by atoms with Crippen molar-refractivity contribution in [2.45, 2.75) is 70.8 Å². The van der Waals surface area contributed by atoms with Gasteiger partial charge in [0, 0.05) is 19.3 Å². The Labute approximate surface area is 129 Å². The zero-order valence-electron chi connectivity index (χ0n) is 13.6. The number of nitrogens with two attached hydrogens (primary N) is 1. The van der Waals surface area contributed by atoms with Crippen molar-refractivity contribution in [2.24, 2.45) is 34.4 Å². The van der Waals surface area contributed by atoms with Crippen LogP contribution in [0.15, 0.2) is 0 Å². The first-order valence-corrected chi connectivity index (χ1v) is 9.15. The number of hydrogen-bond donors (Lipinski definition) is 2. The predicted molar refractivity (Wildman–Crippen MR) is 84.5 cm³/mol. The van der Waals surface area contributed by atoms with Gasteiger partial charge >= 0.3 is 0 Å². The van der Waals surface area contributed by atoms with E-state index in [2.05, 4.69) is 12.3 Å². The third-order valence-electron chi connectivity index (χ3n) is 7.25. The van der Waals surface area contributed by atoms with E-state index in [9.17, 15) is 0 Å². The Bertz CT molecular complexity index is 377. The second-order valence-corrected chi connectivity index (χ2v) is 9.14. The minimum Gasteiger partial charge on any atom is -0.381 e. The SMILES string of the molecule is CC12CC3CC(C1)CC(C(CC1CCOCC1)NN)(C3)C2. The molecule has 4 bridgehead atoms. The highest BCUT2D eigenvalue weighted by atomic mass is 16.5. The van der Waals surface area contributed by atoms with E-state index in [-0.39, 0.29) is 0 Å². The van der Waals surface area contributed by atoms with Gasteiger partial charge in [0.05, 0.1) is 0 Å². The zero-order chi connectivity index (χ0) is 14.5. The lowest BCUT2D eigenvalue weighted by molar-refractivity contribution is -0.122. The Morgan fingerprint density at radius 1 is 1.14 bits per heavy atom. The molecule has 3 heteroatoms. The van der Waals surface area contributed by atoms with Crippen LogP contribution in [0.1, 0.15) is 64.7 Å². The quantitative estimate of drug-likeness (QED) is 0.618. The third kappa shape index (κ3) is 2.55. The number of rotatable bonds is 4. The Morgan fingerprint density at radius 3 is 2.38 bits per heavy atom. The van der Waals surface area contributed by atoms with Crippen LogP contribution in [0.3, 0.4) is 0 Å². The molecular weight excluding hydrogens is 260 g/mol. The fraction of sp³-hybridized carbons (Fsp3) is 1.00. The van der Waals surface area contributed by atoms with E-state index in [0.29, 0.717) is 16.9 Å². The molecule has 5 fully saturated rings. The average molecular weight is 292 g/mol. The summed E-state index contributed by atoms with van der Waals surface area (Å²) in [7, 11) is 0. The van der Waals surface area contributed by atoms with Crippen molar-refractivity contribution in [3.05, 3.63) is 0 Å². The van der Waals surface area contributed by atoms with Crippen LogP contribution < -0.4 is 11.3 Å². The van der Waals surface area contributed by atoms with Crippen LogP contribution in [-0.4, -0.2) is 19.3 Å². The van der Waals surface area contributed by atoms with Gasteiger partial charge in [0.1, 0.15) is 0 Å². The molecular formula is C18H32N2O. The molecule has 0 amide bonds. The molecule has 3 unspecified atom stereocenters. The molecule has 120 valence electrons. The number of hydrogen-bond acceptors (Lipinski definition) is 3. The minimum absolute atomic E-state index is 0.506. The summed E-state index contributed by atoms with van der Waals surface area (Å²) in [5.74, 6) is 8.87. The maximum atomic E-state index is 6.07. The largest absolute Gasteiger partial charge is 0.381 e. The van der Waals surface area contributed by atoms with Gasteiger partial charge in [0.2, 0.25) is 0 Å². The van der Waals surface area contributed by atoms with E-state index < -0.39 is 0 Å². The van der Waals surface area contributed by atoms with Gasteiger partial charge in [-0.2, -0.15) is 0 Å². The van der Waals surface area contributed by atoms with E-state index in [0.717, 1.165) is 31.0 Å². The van der Waals surface area contributed by atoms with E-state index in [1.807, 2.05) is 0 Å². The lowest BCUT2D eigenvalue weighted by atomic mass is 9.43. The predicted octanol–water partition coefficient (Wildman–Crippen LogP) is 3.24. The molecule has 3 atom stereocenters. The second-order valence-electron chi connectivity index (χ2n) is 9.14. The first-order valence-electron chi connectivity index (χ1n) is 9.15. The van der Waals surface area contributed by atoms with Crippen LogP contribution >= 0.6 is 0 Å². The first-order chi connectivity index (χ1) is 10.1. The van der Waals surface area contributed by atoms with Crippen LogP contribution in [0.2, 0.25) is 0 Å². The Kier molecular flexibility index (Phi) is 3.59. The number of hydrazine groups is 1. The Hall–Kier alpha value is -0.120. The summed E-state index contributed by atoms with van der Waals surface area (Å²) >= 11 is 0. The Balaban J connectivity index is 1.52. The molecule has 0 aromatic rings. The molecule has 1 heterocycles. The molecule has 0 aromatic heterocycles. The normalized spacial score (nSPS) is 47.7. The fourth-order valence-electron chi connectivity index (χ4n) is 7.02. The van der Waals surface area contributed by atoms with Crippen LogP contribution in [0.4, 0.5) is 0 Å². The highest BCUT2D eigenvalue weighted by Crippen LogP contribution is 2.66. The van der Waals surface area contributed by atoms with Crippen molar-refractivity contribution in [3.8, 4) is 0 Å². The molecule has 4 saturated carbocycles. The highest BCUT2D eigenvalue weighted by molar-refractivity contribution is 5.09. The van der Waals surface area contributed by atoms with Crippen LogP contribution in [0, 0.1) is 28.6 Å². The van der Waals surface area contributed by atoms with Gasteiger partial charge in [0.25, 0.3) is 0 Å². The summed E-state index contributed by atoms with van der Waals surface area (Å²) in [5, 5.41) is 0. The average Bonchev–Trinajstić information content (AvgIpc) is 2.43. The fourth-order valence-corrected chi connectivity index (χ4v) is 7.02. The molecule has 3 N–H and O–H groups in total. The second kappa shape index (κ2) is 5.21. The summed E-state index contributed by atoms with van der Waals surface area (Å²) in [6.45, 7) is 4.47. The van der Waals surface area contributed by atoms with Crippen molar-refractivity contribution >= 4 is 0 Å². The summed E-state index contributed by atoms with van der Waals surface area (Å²) in [6.07, 6.45) is 12.5. The lowest BCUT2D eigenvalue weighted by Gasteiger charge is -2.63. The van der Waals surface area contributed by atoms with E-state index in [1.54, 1.807) is 0 Å². The maximum Gasteiger partial charge on any atom is 0.0468 e. The van der Waals surface area contributed by atoms with Gasteiger partial charge in [-0.15, -0.1) is 0 Å². The van der Waals surface area contributed by atoms with Crippen LogP contribution in [0.25, 0.3) is 0 Å². The van der Waals surface area contributed by atoms with Crippen molar-refractivity contribution in [2.75, 3.05) is 13.2 Å². The molecule has 0 spiro atoms. The molecule has 1 saturated heterocycles. The molecule has 4 aliphatic carbocycles. The van der Waals surface area contributed by atoms with E-state index >= 15 is 0 Å². The van der Waals surface area contributed by atoms with Crippen LogP contribution in [-0.2, 0) is 4.74 Å². The van der Waals surface area contributed by atoms with Crippen LogP contribution in [0.5, 0.6) is 0 Å². The van der Waals surface area contributed by atoms with Crippen molar-refractivity contribution in [3.63, 3.8) is 0 Å². The molecule has 0 aromatic carbocycles. The monoisotopic (exact) mass is 292 g/mol. The number of ether oxygens (including phenoxy) is 1. The molecule has 3 nitrogen and oxygen atoms in total. The summed E-state index contributed by atoms with van der Waals surface area (Å²) in [6, 6.07) is 0.533. The maximum absolute atomic E-state index is 6.07. The van der Waals surface area contributed by atoms with Gasteiger partial charge in [-0.25, -0.2) is 0 Å². The van der Waals surface area contributed by atoms with Gasteiger partial charge in [-0.1, -0.05) is 6.92 Å². The van der Waals surface area contributed by atoms with Gasteiger partial charge < -0.3 is 4.74 Å². The molecule has 0 radical (unpaired) electrons. The molecule has 1 aliphatic heterocycles. The molecule has 5 rings (SSSR count). The highest BCUT2D eigenvalue weighted by Gasteiger charge is 2.58. The van der Waals surface area contributed by atoms with Gasteiger partial charge in [-0.05, 0) is 86.4 Å². The van der Waals surface area contributed by atoms with E-state index in [1.165, 1.54) is 57.8 Å². The standard InChI is InChI=1S/C18H32N2O/c1-17-8-14-6-15(9-17)11-18(10-14,12-17)16(20-19)7-13-2-4-21-5-3-13/h13-16,20H,2-12,19H2,1H3. The zero-order valence-corrected chi connectivity index (χ0v) is 13.6. The number of nitrogens with one attached hydrogen (secondary N) is 1. The summed E-state index contributed by atoms with van der Waals surface area (Å²) in [5.41, 5.74) is 4.41. The smallest absolute Gasteiger partial charge is 0.0468 e. The summed E-state index contributed by atoms with van der Waals surface area (Å²) in [4.78, 5) is 0. The van der Waals surface area contributed by atoms with Crippen molar-refractivity contribution in [1.29, 1.82) is 0 Å². The minimum atomic E-state index is 0.506. The van der Waals surface area contributed by atoms with E-state index in [4.69, 9.17) is 10.6 Å². The topological polar surface area (TPSA) is 47.3 Å². The van der Waals surface area contributed by atoms with Crippen molar-refractivity contribution < 1.29 is 4.74 Å². The summed E-state index contributed by atoms with van der Waals surface area (Å²) < 4.78 is 5.53.